The molecule has 1 aromatic carbocycles. The van der Waals surface area contributed by atoms with Gasteiger partial charge in [0.2, 0.25) is 0 Å². The van der Waals surface area contributed by atoms with Crippen LogP contribution in [0.25, 0.3) is 10.9 Å². The van der Waals surface area contributed by atoms with Gasteiger partial charge in [0, 0.05) is 43.5 Å². The minimum Gasteiger partial charge on any atom is -0.379 e. The molecule has 0 radical (unpaired) electrons. The van der Waals surface area contributed by atoms with Gasteiger partial charge in [-0.05, 0) is 31.3 Å². The number of fused-ring (bicyclic) bond motifs is 4. The fraction of sp³-hybridized carbons (Fsp3) is 0.500. The highest BCUT2D eigenvalue weighted by Gasteiger charge is 2.36. The summed E-state index contributed by atoms with van der Waals surface area (Å²) in [5.41, 5.74) is 1.47. The van der Waals surface area contributed by atoms with E-state index in [1.807, 2.05) is 16.5 Å². The maximum absolute atomic E-state index is 13.5. The molecule has 6 heteroatoms. The summed E-state index contributed by atoms with van der Waals surface area (Å²) in [6, 6.07) is 6.48. The molecule has 2 aromatic rings. The molecule has 2 atom stereocenters. The van der Waals surface area contributed by atoms with Crippen molar-refractivity contribution in [3.05, 3.63) is 35.8 Å². The molecule has 2 aliphatic rings. The average Bonchev–Trinajstić information content (AvgIpc) is 2.67. The number of rotatable bonds is 1. The van der Waals surface area contributed by atoms with Gasteiger partial charge in [-0.1, -0.05) is 0 Å². The van der Waals surface area contributed by atoms with Gasteiger partial charge in [0.25, 0.3) is 5.91 Å². The van der Waals surface area contributed by atoms with E-state index in [0.717, 1.165) is 24.0 Å². The summed E-state index contributed by atoms with van der Waals surface area (Å²) in [6.07, 6.45) is 0. The van der Waals surface area contributed by atoms with Crippen LogP contribution in [0.1, 0.15) is 10.5 Å². The maximum Gasteiger partial charge on any atom is 0.270 e. The van der Waals surface area contributed by atoms with Crippen LogP contribution in [0.15, 0.2) is 24.3 Å². The van der Waals surface area contributed by atoms with Crippen molar-refractivity contribution >= 4 is 16.8 Å². The van der Waals surface area contributed by atoms with Crippen molar-refractivity contribution in [3.8, 4) is 0 Å². The molecule has 24 heavy (non-hydrogen) atoms. The summed E-state index contributed by atoms with van der Waals surface area (Å²) >= 11 is 0. The van der Waals surface area contributed by atoms with Gasteiger partial charge in [-0.3, -0.25) is 4.79 Å². The molecular weight excluding hydrogens is 309 g/mol. The Hall–Kier alpha value is -1.92. The van der Waals surface area contributed by atoms with Crippen LogP contribution < -0.4 is 0 Å². The molecule has 128 valence electrons. The zero-order chi connectivity index (χ0) is 16.8. The van der Waals surface area contributed by atoms with Crippen LogP contribution in [0, 0.1) is 11.7 Å². The highest BCUT2D eigenvalue weighted by Crippen LogP contribution is 2.25. The van der Waals surface area contributed by atoms with Gasteiger partial charge >= 0.3 is 0 Å². The first-order valence-corrected chi connectivity index (χ1v) is 8.35. The van der Waals surface area contributed by atoms with Crippen molar-refractivity contribution < 1.29 is 13.9 Å². The van der Waals surface area contributed by atoms with Crippen molar-refractivity contribution in [1.82, 2.24) is 14.4 Å². The third kappa shape index (κ3) is 2.59. The van der Waals surface area contributed by atoms with E-state index in [1.54, 1.807) is 12.1 Å². The molecule has 3 heterocycles. The van der Waals surface area contributed by atoms with Crippen molar-refractivity contribution in [2.24, 2.45) is 13.0 Å². The average molecular weight is 331 g/mol. The number of aromatic nitrogens is 1. The molecule has 1 amide bonds. The van der Waals surface area contributed by atoms with Crippen LogP contribution in [0.3, 0.4) is 0 Å². The number of hydrogen-bond donors (Lipinski definition) is 0. The molecule has 0 saturated carbocycles. The molecule has 0 spiro atoms. The number of aryl methyl sites for hydroxylation is 1. The fourth-order valence-electron chi connectivity index (χ4n) is 4.00. The lowest BCUT2D eigenvalue weighted by Gasteiger charge is -2.29. The summed E-state index contributed by atoms with van der Waals surface area (Å²) < 4.78 is 21.1. The third-order valence-electron chi connectivity index (χ3n) is 5.14. The Labute approximate surface area is 140 Å². The first-order chi connectivity index (χ1) is 11.5. The van der Waals surface area contributed by atoms with Gasteiger partial charge in [-0.2, -0.15) is 0 Å². The lowest BCUT2D eigenvalue weighted by Crippen LogP contribution is -2.46. The standard InChI is InChI=1S/C18H22FN3O2/c1-20-7-12-8-22(15(9-20)11-24-10-12)18(23)17-6-13-5-14(19)3-4-16(13)21(17)2/h3-6,12,15H,7-11H2,1-2H3/t12-,15-/m0/s1. The highest BCUT2D eigenvalue weighted by atomic mass is 19.1. The summed E-state index contributed by atoms with van der Waals surface area (Å²) in [4.78, 5) is 17.4. The third-order valence-corrected chi connectivity index (χ3v) is 5.14. The summed E-state index contributed by atoms with van der Waals surface area (Å²) in [5.74, 6) is 0.0521. The van der Waals surface area contributed by atoms with Gasteiger partial charge in [0.1, 0.15) is 11.5 Å². The lowest BCUT2D eigenvalue weighted by atomic mass is 10.1. The molecule has 0 N–H and O–H groups in total. The van der Waals surface area contributed by atoms with Crippen LogP contribution in [0.4, 0.5) is 4.39 Å². The van der Waals surface area contributed by atoms with Crippen molar-refractivity contribution in [2.75, 3.05) is 39.9 Å². The van der Waals surface area contributed by atoms with E-state index in [-0.39, 0.29) is 17.8 Å². The normalized spacial score (nSPS) is 25.0. The quantitative estimate of drug-likeness (QED) is 0.799. The lowest BCUT2D eigenvalue weighted by molar-refractivity contribution is 0.0478. The number of hydrogen-bond acceptors (Lipinski definition) is 3. The van der Waals surface area contributed by atoms with E-state index in [9.17, 15) is 9.18 Å². The molecule has 1 aromatic heterocycles. The second-order valence-corrected chi connectivity index (χ2v) is 7.03. The SMILES string of the molecule is CN1C[C@@H]2COC[C@H](C1)N(C(=O)c1cc3cc(F)ccc3n1C)C2. The predicted octanol–water partition coefficient (Wildman–Crippen LogP) is 1.72. The number of amides is 1. The second-order valence-electron chi connectivity index (χ2n) is 7.03. The number of likely N-dealkylation sites (N-methyl/N-ethyl adjacent to an activating group) is 1. The molecule has 2 bridgehead atoms. The van der Waals surface area contributed by atoms with Gasteiger partial charge in [-0.15, -0.1) is 0 Å². The minimum absolute atomic E-state index is 0.00454. The Morgan fingerprint density at radius 2 is 2.00 bits per heavy atom. The van der Waals surface area contributed by atoms with Crippen LogP contribution in [-0.4, -0.2) is 66.2 Å². The summed E-state index contributed by atoms with van der Waals surface area (Å²) in [7, 11) is 3.96. The molecular formula is C18H22FN3O2. The van der Waals surface area contributed by atoms with E-state index in [1.165, 1.54) is 12.1 Å². The van der Waals surface area contributed by atoms with Gasteiger partial charge in [0.15, 0.2) is 0 Å². The van der Waals surface area contributed by atoms with Gasteiger partial charge in [-0.25, -0.2) is 4.39 Å². The molecule has 2 fully saturated rings. The number of carbonyl (C=O) groups excluding carboxylic acids is 1. The largest absolute Gasteiger partial charge is 0.379 e. The maximum atomic E-state index is 13.5. The van der Waals surface area contributed by atoms with Crippen LogP contribution in [0.2, 0.25) is 0 Å². The van der Waals surface area contributed by atoms with Crippen molar-refractivity contribution in [3.63, 3.8) is 0 Å². The van der Waals surface area contributed by atoms with E-state index in [2.05, 4.69) is 11.9 Å². The van der Waals surface area contributed by atoms with E-state index in [0.29, 0.717) is 31.4 Å². The molecule has 2 aliphatic heterocycles. The first-order valence-electron chi connectivity index (χ1n) is 8.35. The van der Waals surface area contributed by atoms with Crippen LogP contribution >= 0.6 is 0 Å². The Bertz CT molecular complexity index is 788. The number of nitrogens with zero attached hydrogens (tertiary/aromatic N) is 3. The Balaban J connectivity index is 1.71. The smallest absolute Gasteiger partial charge is 0.270 e. The number of carbonyl (C=O) groups is 1. The summed E-state index contributed by atoms with van der Waals surface area (Å²) in [6.45, 7) is 3.75. The highest BCUT2D eigenvalue weighted by molar-refractivity contribution is 5.99. The molecule has 2 saturated heterocycles. The Kier molecular flexibility index (Phi) is 3.81. The predicted molar refractivity (Wildman–Crippen MR) is 89.5 cm³/mol. The molecule has 4 rings (SSSR count). The molecule has 0 aliphatic carbocycles. The number of halogens is 1. The van der Waals surface area contributed by atoms with E-state index < -0.39 is 0 Å². The number of benzene rings is 1. The molecule has 5 nitrogen and oxygen atoms in total. The topological polar surface area (TPSA) is 37.7 Å². The molecule has 0 unspecified atom stereocenters. The van der Waals surface area contributed by atoms with E-state index in [4.69, 9.17) is 4.74 Å². The zero-order valence-electron chi connectivity index (χ0n) is 14.0. The zero-order valence-corrected chi connectivity index (χ0v) is 14.0. The van der Waals surface area contributed by atoms with Crippen molar-refractivity contribution in [1.29, 1.82) is 0 Å². The van der Waals surface area contributed by atoms with Crippen LogP contribution in [-0.2, 0) is 11.8 Å². The van der Waals surface area contributed by atoms with Crippen molar-refractivity contribution in [2.45, 2.75) is 6.04 Å². The number of ether oxygens (including phenoxy) is 1. The Morgan fingerprint density at radius 3 is 2.83 bits per heavy atom. The van der Waals surface area contributed by atoms with Crippen LogP contribution in [0.5, 0.6) is 0 Å². The van der Waals surface area contributed by atoms with E-state index >= 15 is 0 Å². The Morgan fingerprint density at radius 1 is 1.17 bits per heavy atom. The monoisotopic (exact) mass is 331 g/mol. The first kappa shape index (κ1) is 15.6. The van der Waals surface area contributed by atoms with Gasteiger partial charge < -0.3 is 19.1 Å². The fourth-order valence-corrected chi connectivity index (χ4v) is 4.00. The summed E-state index contributed by atoms with van der Waals surface area (Å²) in [5, 5.41) is 0.756. The minimum atomic E-state index is -0.284. The van der Waals surface area contributed by atoms with Gasteiger partial charge in [0.05, 0.1) is 19.3 Å². The second kappa shape index (κ2) is 5.86.